The van der Waals surface area contributed by atoms with Gasteiger partial charge in [-0.25, -0.2) is 0 Å². The first-order valence-corrected chi connectivity index (χ1v) is 3.80. The van der Waals surface area contributed by atoms with Gasteiger partial charge in [0.1, 0.15) is 0 Å². The van der Waals surface area contributed by atoms with Crippen molar-refractivity contribution in [3.63, 3.8) is 0 Å². The zero-order valence-corrected chi connectivity index (χ0v) is 7.60. The SMILES string of the molecule is CN1C=CC(C)(C)C1(C)C. The molecule has 0 radical (unpaired) electrons. The van der Waals surface area contributed by atoms with E-state index in [1.807, 2.05) is 0 Å². The van der Waals surface area contributed by atoms with Gasteiger partial charge in [-0.3, -0.25) is 0 Å². The monoisotopic (exact) mass is 139 g/mol. The van der Waals surface area contributed by atoms with Crippen LogP contribution in [0.1, 0.15) is 27.7 Å². The summed E-state index contributed by atoms with van der Waals surface area (Å²) < 4.78 is 0. The van der Waals surface area contributed by atoms with Gasteiger partial charge in [0.25, 0.3) is 0 Å². The topological polar surface area (TPSA) is 3.24 Å². The first-order chi connectivity index (χ1) is 4.38. The van der Waals surface area contributed by atoms with Crippen molar-refractivity contribution in [3.8, 4) is 0 Å². The molecule has 0 fully saturated rings. The van der Waals surface area contributed by atoms with Gasteiger partial charge in [0.15, 0.2) is 0 Å². The summed E-state index contributed by atoms with van der Waals surface area (Å²) in [6, 6.07) is 0. The lowest BCUT2D eigenvalue weighted by molar-refractivity contribution is 0.135. The smallest absolute Gasteiger partial charge is 0.0423 e. The highest BCUT2D eigenvalue weighted by Crippen LogP contribution is 2.40. The Kier molecular flexibility index (Phi) is 1.36. The number of rotatable bonds is 0. The number of nitrogens with zero attached hydrogens (tertiary/aromatic N) is 1. The lowest BCUT2D eigenvalue weighted by atomic mass is 9.76. The van der Waals surface area contributed by atoms with Crippen molar-refractivity contribution >= 4 is 0 Å². The van der Waals surface area contributed by atoms with Crippen molar-refractivity contribution in [2.75, 3.05) is 7.05 Å². The minimum atomic E-state index is 0.271. The first-order valence-electron chi connectivity index (χ1n) is 3.80. The van der Waals surface area contributed by atoms with Gasteiger partial charge in [0, 0.05) is 18.0 Å². The van der Waals surface area contributed by atoms with Crippen LogP contribution in [-0.4, -0.2) is 17.5 Å². The predicted octanol–water partition coefficient (Wildman–Crippen LogP) is 2.25. The van der Waals surface area contributed by atoms with Gasteiger partial charge < -0.3 is 4.90 Å². The van der Waals surface area contributed by atoms with Crippen molar-refractivity contribution in [2.45, 2.75) is 33.2 Å². The molecule has 0 unspecified atom stereocenters. The molecule has 0 bridgehead atoms. The fraction of sp³-hybridized carbons (Fsp3) is 0.778. The van der Waals surface area contributed by atoms with Crippen LogP contribution in [0.5, 0.6) is 0 Å². The van der Waals surface area contributed by atoms with E-state index in [1.165, 1.54) is 0 Å². The molecule has 0 saturated carbocycles. The second-order valence-electron chi connectivity index (χ2n) is 4.21. The Bertz CT molecular complexity index is 166. The van der Waals surface area contributed by atoms with E-state index in [0.29, 0.717) is 5.41 Å². The first kappa shape index (κ1) is 7.64. The Balaban J connectivity index is 2.94. The second kappa shape index (κ2) is 1.77. The summed E-state index contributed by atoms with van der Waals surface area (Å²) in [6.45, 7) is 9.08. The molecular formula is C9H17N. The maximum atomic E-state index is 2.27. The van der Waals surface area contributed by atoms with Gasteiger partial charge in [0.05, 0.1) is 0 Å². The van der Waals surface area contributed by atoms with Crippen LogP contribution in [0.15, 0.2) is 12.3 Å². The van der Waals surface area contributed by atoms with E-state index < -0.39 is 0 Å². The molecular weight excluding hydrogens is 122 g/mol. The van der Waals surface area contributed by atoms with Crippen LogP contribution in [0.3, 0.4) is 0 Å². The molecule has 0 amide bonds. The lowest BCUT2D eigenvalue weighted by Crippen LogP contribution is -2.44. The molecule has 1 heteroatoms. The Labute approximate surface area is 63.7 Å². The van der Waals surface area contributed by atoms with Crippen LogP contribution in [0, 0.1) is 5.41 Å². The molecule has 0 aliphatic carbocycles. The van der Waals surface area contributed by atoms with E-state index >= 15 is 0 Å². The van der Waals surface area contributed by atoms with E-state index in [2.05, 4.69) is 51.9 Å². The normalized spacial score (nSPS) is 27.5. The Morgan fingerprint density at radius 2 is 1.60 bits per heavy atom. The Morgan fingerprint density at radius 3 is 1.70 bits per heavy atom. The van der Waals surface area contributed by atoms with Crippen molar-refractivity contribution in [2.24, 2.45) is 5.41 Å². The largest absolute Gasteiger partial charge is 0.375 e. The van der Waals surface area contributed by atoms with Crippen LogP contribution in [0.4, 0.5) is 0 Å². The molecule has 1 nitrogen and oxygen atoms in total. The molecule has 0 atom stereocenters. The molecule has 1 aliphatic rings. The molecule has 10 heavy (non-hydrogen) atoms. The van der Waals surface area contributed by atoms with Crippen LogP contribution < -0.4 is 0 Å². The molecule has 0 saturated heterocycles. The van der Waals surface area contributed by atoms with Gasteiger partial charge in [-0.15, -0.1) is 0 Å². The lowest BCUT2D eigenvalue weighted by Gasteiger charge is -2.40. The highest BCUT2D eigenvalue weighted by atomic mass is 15.2. The number of hydrogen-bond donors (Lipinski definition) is 0. The quantitative estimate of drug-likeness (QED) is 0.497. The summed E-state index contributed by atoms with van der Waals surface area (Å²) in [7, 11) is 2.13. The van der Waals surface area contributed by atoms with Gasteiger partial charge >= 0.3 is 0 Å². The van der Waals surface area contributed by atoms with Gasteiger partial charge in [-0.05, 0) is 20.0 Å². The number of hydrogen-bond acceptors (Lipinski definition) is 1. The molecule has 0 N–H and O–H groups in total. The van der Waals surface area contributed by atoms with E-state index in [0.717, 1.165) is 0 Å². The zero-order chi connectivity index (χ0) is 7.99. The van der Waals surface area contributed by atoms with E-state index in [4.69, 9.17) is 0 Å². The highest BCUT2D eigenvalue weighted by molar-refractivity contribution is 5.14. The molecule has 0 aromatic rings. The van der Waals surface area contributed by atoms with Crippen molar-refractivity contribution in [3.05, 3.63) is 12.3 Å². The van der Waals surface area contributed by atoms with Crippen molar-refractivity contribution in [1.29, 1.82) is 0 Å². The zero-order valence-electron chi connectivity index (χ0n) is 7.60. The Hall–Kier alpha value is -0.460. The minimum absolute atomic E-state index is 0.271. The standard InChI is InChI=1S/C9H17N/c1-8(2)6-7-10(5)9(8,3)4/h6-7H,1-5H3. The van der Waals surface area contributed by atoms with E-state index in [-0.39, 0.29) is 5.54 Å². The summed E-state index contributed by atoms with van der Waals surface area (Å²) >= 11 is 0. The summed E-state index contributed by atoms with van der Waals surface area (Å²) in [5.74, 6) is 0. The van der Waals surface area contributed by atoms with Gasteiger partial charge in [-0.2, -0.15) is 0 Å². The van der Waals surface area contributed by atoms with Gasteiger partial charge in [0.2, 0.25) is 0 Å². The molecule has 1 rings (SSSR count). The predicted molar refractivity (Wildman–Crippen MR) is 44.8 cm³/mol. The summed E-state index contributed by atoms with van der Waals surface area (Å²) in [5.41, 5.74) is 0.578. The average Bonchev–Trinajstić information content (AvgIpc) is 1.94. The Morgan fingerprint density at radius 1 is 1.10 bits per heavy atom. The van der Waals surface area contributed by atoms with Crippen molar-refractivity contribution < 1.29 is 0 Å². The van der Waals surface area contributed by atoms with E-state index in [1.54, 1.807) is 0 Å². The van der Waals surface area contributed by atoms with E-state index in [9.17, 15) is 0 Å². The summed E-state index contributed by atoms with van der Waals surface area (Å²) in [6.07, 6.45) is 4.44. The van der Waals surface area contributed by atoms with Crippen molar-refractivity contribution in [1.82, 2.24) is 4.90 Å². The molecule has 0 spiro atoms. The minimum Gasteiger partial charge on any atom is -0.375 e. The molecule has 58 valence electrons. The van der Waals surface area contributed by atoms with Crippen LogP contribution in [0.25, 0.3) is 0 Å². The highest BCUT2D eigenvalue weighted by Gasteiger charge is 2.41. The maximum absolute atomic E-state index is 2.27. The maximum Gasteiger partial charge on any atom is 0.0423 e. The summed E-state index contributed by atoms with van der Waals surface area (Å²) in [5, 5.41) is 0. The third-order valence-corrected chi connectivity index (χ3v) is 3.17. The fourth-order valence-corrected chi connectivity index (χ4v) is 1.14. The molecule has 0 aromatic carbocycles. The van der Waals surface area contributed by atoms with Crippen LogP contribution in [0.2, 0.25) is 0 Å². The van der Waals surface area contributed by atoms with Crippen LogP contribution >= 0.6 is 0 Å². The van der Waals surface area contributed by atoms with Crippen LogP contribution in [-0.2, 0) is 0 Å². The average molecular weight is 139 g/mol. The molecule has 0 aromatic heterocycles. The fourth-order valence-electron chi connectivity index (χ4n) is 1.14. The second-order valence-corrected chi connectivity index (χ2v) is 4.21. The third kappa shape index (κ3) is 0.764. The summed E-state index contributed by atoms with van der Waals surface area (Å²) in [4.78, 5) is 2.27. The third-order valence-electron chi connectivity index (χ3n) is 3.17. The molecule has 1 heterocycles. The van der Waals surface area contributed by atoms with Gasteiger partial charge in [-0.1, -0.05) is 19.9 Å². The molecule has 1 aliphatic heterocycles.